The van der Waals surface area contributed by atoms with Gasteiger partial charge in [0.1, 0.15) is 11.6 Å². The lowest BCUT2D eigenvalue weighted by Gasteiger charge is -2.38. The standard InChI is InChI=1S/C29H32FN3O3/c1-21(29(34)31-33-15-17-35-18-16-33)36-25-12-11-22-13-14-32(20-24-9-5-6-10-27(24)30)28(26(22)19-25)23-7-3-2-4-8-23/h2-12,19,21,28H,13-18,20H2,1H3,(H,31,34)/t21-,28-/m0/s1. The first kappa shape index (κ1) is 24.4. The number of carbonyl (C=O) groups is 1. The number of morpholine rings is 1. The fraction of sp³-hybridized carbons (Fsp3) is 0.345. The molecule has 5 rings (SSSR count). The molecule has 0 aliphatic carbocycles. The molecule has 0 radical (unpaired) electrons. The van der Waals surface area contributed by atoms with Gasteiger partial charge in [0, 0.05) is 31.7 Å². The van der Waals surface area contributed by atoms with Crippen LogP contribution in [-0.4, -0.2) is 54.8 Å². The molecule has 2 aliphatic heterocycles. The quantitative estimate of drug-likeness (QED) is 0.542. The Balaban J connectivity index is 1.38. The molecule has 7 heteroatoms. The fourth-order valence-electron chi connectivity index (χ4n) is 4.94. The maximum atomic E-state index is 14.5. The summed E-state index contributed by atoms with van der Waals surface area (Å²) in [4.78, 5) is 15.0. The van der Waals surface area contributed by atoms with Gasteiger partial charge >= 0.3 is 0 Å². The van der Waals surface area contributed by atoms with Gasteiger partial charge in [0.05, 0.1) is 19.3 Å². The van der Waals surface area contributed by atoms with Crippen molar-refractivity contribution < 1.29 is 18.7 Å². The van der Waals surface area contributed by atoms with Crippen LogP contribution in [0.1, 0.15) is 35.2 Å². The van der Waals surface area contributed by atoms with Gasteiger partial charge in [-0.3, -0.25) is 15.1 Å². The summed E-state index contributed by atoms with van der Waals surface area (Å²) < 4.78 is 26.0. The molecule has 188 valence electrons. The van der Waals surface area contributed by atoms with Gasteiger partial charge in [-0.2, -0.15) is 0 Å². The normalized spacial score (nSPS) is 19.3. The molecule has 1 saturated heterocycles. The summed E-state index contributed by atoms with van der Waals surface area (Å²) in [5.41, 5.74) is 7.12. The summed E-state index contributed by atoms with van der Waals surface area (Å²) in [6, 6.07) is 23.3. The molecule has 36 heavy (non-hydrogen) atoms. The van der Waals surface area contributed by atoms with E-state index in [1.54, 1.807) is 13.0 Å². The van der Waals surface area contributed by atoms with Gasteiger partial charge in [-0.1, -0.05) is 54.6 Å². The second-order valence-electron chi connectivity index (χ2n) is 9.32. The summed E-state index contributed by atoms with van der Waals surface area (Å²) in [6.45, 7) is 5.61. The largest absolute Gasteiger partial charge is 0.481 e. The minimum absolute atomic E-state index is 0.0458. The summed E-state index contributed by atoms with van der Waals surface area (Å²) in [7, 11) is 0. The molecule has 6 nitrogen and oxygen atoms in total. The molecule has 0 saturated carbocycles. The van der Waals surface area contributed by atoms with Crippen molar-refractivity contribution in [2.24, 2.45) is 0 Å². The molecule has 3 aromatic carbocycles. The lowest BCUT2D eigenvalue weighted by molar-refractivity contribution is -0.134. The van der Waals surface area contributed by atoms with Crippen LogP contribution in [-0.2, 0) is 22.5 Å². The number of nitrogens with one attached hydrogen (secondary N) is 1. The molecule has 2 atom stereocenters. The Hall–Kier alpha value is -3.26. The smallest absolute Gasteiger partial charge is 0.275 e. The number of halogens is 1. The third-order valence-corrected chi connectivity index (χ3v) is 6.85. The average molecular weight is 490 g/mol. The van der Waals surface area contributed by atoms with Crippen LogP contribution in [0.3, 0.4) is 0 Å². The first-order valence-electron chi connectivity index (χ1n) is 12.5. The van der Waals surface area contributed by atoms with Gasteiger partial charge in [0.2, 0.25) is 0 Å². The van der Waals surface area contributed by atoms with Crippen molar-refractivity contribution in [2.75, 3.05) is 32.8 Å². The zero-order valence-electron chi connectivity index (χ0n) is 20.5. The van der Waals surface area contributed by atoms with Crippen LogP contribution < -0.4 is 10.2 Å². The molecular formula is C29H32FN3O3. The third kappa shape index (κ3) is 5.59. The summed E-state index contributed by atoms with van der Waals surface area (Å²) >= 11 is 0. The molecule has 3 aromatic rings. The van der Waals surface area contributed by atoms with Crippen LogP contribution in [0, 0.1) is 5.82 Å². The van der Waals surface area contributed by atoms with E-state index in [2.05, 4.69) is 28.5 Å². The number of rotatable bonds is 7. The summed E-state index contributed by atoms with van der Waals surface area (Å²) in [5, 5.41) is 1.87. The molecule has 0 unspecified atom stereocenters. The number of amides is 1. The summed E-state index contributed by atoms with van der Waals surface area (Å²) in [5.74, 6) is 0.273. The van der Waals surface area contributed by atoms with Crippen molar-refractivity contribution in [2.45, 2.75) is 32.0 Å². The number of fused-ring (bicyclic) bond motifs is 1. The number of ether oxygens (including phenoxy) is 2. The molecule has 0 spiro atoms. The van der Waals surface area contributed by atoms with E-state index in [0.29, 0.717) is 44.2 Å². The van der Waals surface area contributed by atoms with E-state index in [0.717, 1.165) is 24.1 Å². The highest BCUT2D eigenvalue weighted by atomic mass is 19.1. The zero-order chi connectivity index (χ0) is 24.9. The fourth-order valence-corrected chi connectivity index (χ4v) is 4.94. The third-order valence-electron chi connectivity index (χ3n) is 6.85. The van der Waals surface area contributed by atoms with E-state index in [1.165, 1.54) is 11.6 Å². The SMILES string of the molecule is C[C@H](Oc1ccc2c(c1)[C@H](c1ccccc1)N(Cc1ccccc1F)CC2)C(=O)NN1CCOCC1. The van der Waals surface area contributed by atoms with Crippen molar-refractivity contribution in [1.29, 1.82) is 0 Å². The van der Waals surface area contributed by atoms with E-state index in [-0.39, 0.29) is 17.8 Å². The minimum atomic E-state index is -0.654. The Morgan fingerprint density at radius 2 is 1.81 bits per heavy atom. The Labute approximate surface area is 211 Å². The van der Waals surface area contributed by atoms with E-state index in [4.69, 9.17) is 9.47 Å². The van der Waals surface area contributed by atoms with Gasteiger partial charge in [0.15, 0.2) is 6.10 Å². The predicted octanol–water partition coefficient (Wildman–Crippen LogP) is 4.10. The van der Waals surface area contributed by atoms with Crippen LogP contribution in [0.15, 0.2) is 72.8 Å². The van der Waals surface area contributed by atoms with Crippen LogP contribution in [0.2, 0.25) is 0 Å². The van der Waals surface area contributed by atoms with Crippen molar-refractivity contribution in [1.82, 2.24) is 15.3 Å². The highest BCUT2D eigenvalue weighted by molar-refractivity contribution is 5.80. The zero-order valence-corrected chi connectivity index (χ0v) is 20.5. The van der Waals surface area contributed by atoms with Crippen LogP contribution in [0.25, 0.3) is 0 Å². The Bertz CT molecular complexity index is 1180. The van der Waals surface area contributed by atoms with E-state index >= 15 is 0 Å². The number of benzene rings is 3. The van der Waals surface area contributed by atoms with Crippen LogP contribution >= 0.6 is 0 Å². The Kier molecular flexibility index (Phi) is 7.60. The van der Waals surface area contributed by atoms with Crippen LogP contribution in [0.5, 0.6) is 5.75 Å². The lowest BCUT2D eigenvalue weighted by Crippen LogP contribution is -2.51. The van der Waals surface area contributed by atoms with Gasteiger partial charge in [-0.15, -0.1) is 0 Å². The number of carbonyl (C=O) groups excluding carboxylic acids is 1. The summed E-state index contributed by atoms with van der Waals surface area (Å²) in [6.07, 6.45) is 0.208. The van der Waals surface area contributed by atoms with E-state index < -0.39 is 6.10 Å². The molecule has 0 bridgehead atoms. The Morgan fingerprint density at radius 3 is 2.58 bits per heavy atom. The van der Waals surface area contributed by atoms with E-state index in [9.17, 15) is 9.18 Å². The van der Waals surface area contributed by atoms with Crippen molar-refractivity contribution in [3.63, 3.8) is 0 Å². The number of nitrogens with zero attached hydrogens (tertiary/aromatic N) is 2. The predicted molar refractivity (Wildman–Crippen MR) is 136 cm³/mol. The topological polar surface area (TPSA) is 54.0 Å². The maximum absolute atomic E-state index is 14.5. The second-order valence-corrected chi connectivity index (χ2v) is 9.32. The van der Waals surface area contributed by atoms with Gasteiger partial charge in [0.25, 0.3) is 5.91 Å². The minimum Gasteiger partial charge on any atom is -0.481 e. The number of hydrogen-bond donors (Lipinski definition) is 1. The van der Waals surface area contributed by atoms with Gasteiger partial charge in [-0.25, -0.2) is 9.40 Å². The average Bonchev–Trinajstić information content (AvgIpc) is 2.91. The van der Waals surface area contributed by atoms with Crippen molar-refractivity contribution in [3.05, 3.63) is 101 Å². The molecule has 1 N–H and O–H groups in total. The van der Waals surface area contributed by atoms with E-state index in [1.807, 2.05) is 47.5 Å². The van der Waals surface area contributed by atoms with Crippen LogP contribution in [0.4, 0.5) is 4.39 Å². The molecule has 1 fully saturated rings. The van der Waals surface area contributed by atoms with Gasteiger partial charge in [-0.05, 0) is 48.2 Å². The molecular weight excluding hydrogens is 457 g/mol. The number of hydrogen-bond acceptors (Lipinski definition) is 5. The highest BCUT2D eigenvalue weighted by Crippen LogP contribution is 2.38. The second kappa shape index (κ2) is 11.2. The maximum Gasteiger partial charge on any atom is 0.275 e. The van der Waals surface area contributed by atoms with Crippen molar-refractivity contribution in [3.8, 4) is 5.75 Å². The molecule has 1 amide bonds. The molecule has 0 aromatic heterocycles. The lowest BCUT2D eigenvalue weighted by atomic mass is 9.87. The highest BCUT2D eigenvalue weighted by Gasteiger charge is 2.30. The van der Waals surface area contributed by atoms with Gasteiger partial charge < -0.3 is 9.47 Å². The first-order chi connectivity index (χ1) is 17.6. The first-order valence-corrected chi connectivity index (χ1v) is 12.5. The number of hydrazine groups is 1. The molecule has 2 aliphatic rings. The monoisotopic (exact) mass is 489 g/mol. The Morgan fingerprint density at radius 1 is 1.06 bits per heavy atom. The molecule has 2 heterocycles. The van der Waals surface area contributed by atoms with Crippen molar-refractivity contribution >= 4 is 5.91 Å².